The fourth-order valence-electron chi connectivity index (χ4n) is 2.51. The summed E-state index contributed by atoms with van der Waals surface area (Å²) in [5.41, 5.74) is 1.05. The van der Waals surface area contributed by atoms with Gasteiger partial charge in [-0.25, -0.2) is 4.68 Å². The second kappa shape index (κ2) is 6.44. The molecule has 21 heavy (non-hydrogen) atoms. The Hall–Kier alpha value is -1.61. The highest BCUT2D eigenvalue weighted by atomic mass is 32.2. The second-order valence-electron chi connectivity index (χ2n) is 5.02. The van der Waals surface area contributed by atoms with Gasteiger partial charge in [-0.1, -0.05) is 0 Å². The van der Waals surface area contributed by atoms with Crippen LogP contribution in [0.2, 0.25) is 0 Å². The first-order chi connectivity index (χ1) is 9.93. The third kappa shape index (κ3) is 3.35. The number of hydrogen-bond donors (Lipinski definition) is 1. The van der Waals surface area contributed by atoms with Crippen LogP contribution in [0.1, 0.15) is 11.4 Å². The van der Waals surface area contributed by atoms with Gasteiger partial charge in [0.25, 0.3) is 0 Å². The van der Waals surface area contributed by atoms with Gasteiger partial charge in [0.2, 0.25) is 0 Å². The Morgan fingerprint density at radius 3 is 2.90 bits per heavy atom. The summed E-state index contributed by atoms with van der Waals surface area (Å²) >= 11 is 1.59. The number of methoxy groups -OCH3 is 1. The number of carbonyl (C=O) groups is 1. The maximum absolute atomic E-state index is 11.6. The molecule has 116 valence electrons. The summed E-state index contributed by atoms with van der Waals surface area (Å²) in [4.78, 5) is 23.4. The standard InChI is InChI=1S/C12H18N4O4S/c1-8-11(16(18)19)9(2)15(13-8)7-14-4-5-21-10(6-14)12(17)20-3/h10H,4-7H2,1-3H3/p+1/t10-/m1/s1. The summed E-state index contributed by atoms with van der Waals surface area (Å²) in [5, 5.41) is 15.1. The van der Waals surface area contributed by atoms with Gasteiger partial charge in [-0.05, 0) is 13.8 Å². The fraction of sp³-hybridized carbons (Fsp3) is 0.667. The predicted molar refractivity (Wildman–Crippen MR) is 77.3 cm³/mol. The topological polar surface area (TPSA) is 91.7 Å². The van der Waals surface area contributed by atoms with Crippen molar-refractivity contribution in [3.63, 3.8) is 0 Å². The summed E-state index contributed by atoms with van der Waals surface area (Å²) in [6, 6.07) is 0. The molecule has 0 spiro atoms. The molecule has 0 radical (unpaired) electrons. The minimum atomic E-state index is -0.396. The van der Waals surface area contributed by atoms with Gasteiger partial charge in [0.15, 0.2) is 11.9 Å². The van der Waals surface area contributed by atoms with E-state index in [1.807, 2.05) is 0 Å². The number of rotatable bonds is 4. The molecule has 8 nitrogen and oxygen atoms in total. The minimum absolute atomic E-state index is 0.0744. The number of thioether (sulfide) groups is 1. The molecule has 2 rings (SSSR count). The maximum Gasteiger partial charge on any atom is 0.324 e. The zero-order valence-electron chi connectivity index (χ0n) is 12.3. The van der Waals surface area contributed by atoms with Crippen molar-refractivity contribution in [3.05, 3.63) is 21.5 Å². The van der Waals surface area contributed by atoms with E-state index in [1.54, 1.807) is 30.3 Å². The van der Waals surface area contributed by atoms with Gasteiger partial charge >= 0.3 is 11.7 Å². The summed E-state index contributed by atoms with van der Waals surface area (Å²) in [5.74, 6) is 0.646. The van der Waals surface area contributed by atoms with E-state index in [2.05, 4.69) is 5.10 Å². The molecule has 0 aliphatic carbocycles. The molecule has 1 aromatic heterocycles. The van der Waals surface area contributed by atoms with Gasteiger partial charge in [-0.2, -0.15) is 5.10 Å². The van der Waals surface area contributed by atoms with Gasteiger partial charge in [0.1, 0.15) is 17.9 Å². The number of aromatic nitrogens is 2. The van der Waals surface area contributed by atoms with Crippen molar-refractivity contribution < 1.29 is 19.4 Å². The summed E-state index contributed by atoms with van der Waals surface area (Å²) in [6.07, 6.45) is 0. The molecule has 1 saturated heterocycles. The van der Waals surface area contributed by atoms with E-state index in [-0.39, 0.29) is 16.9 Å². The smallest absolute Gasteiger partial charge is 0.324 e. The number of nitro groups is 1. The third-order valence-electron chi connectivity index (χ3n) is 3.61. The molecule has 2 heterocycles. The molecular formula is C12H19N4O4S+. The highest BCUT2D eigenvalue weighted by molar-refractivity contribution is 8.00. The quantitative estimate of drug-likeness (QED) is 0.459. The van der Waals surface area contributed by atoms with Crippen LogP contribution in [-0.2, 0) is 16.2 Å². The van der Waals surface area contributed by atoms with Gasteiger partial charge in [-0.15, -0.1) is 11.8 Å². The first-order valence-corrected chi connectivity index (χ1v) is 7.70. The van der Waals surface area contributed by atoms with E-state index in [1.165, 1.54) is 12.0 Å². The zero-order chi connectivity index (χ0) is 15.6. The van der Waals surface area contributed by atoms with Crippen LogP contribution in [0.5, 0.6) is 0 Å². The lowest BCUT2D eigenvalue weighted by molar-refractivity contribution is -0.921. The minimum Gasteiger partial charge on any atom is -0.468 e. The first kappa shape index (κ1) is 15.8. The largest absolute Gasteiger partial charge is 0.468 e. The Labute approximate surface area is 126 Å². The second-order valence-corrected chi connectivity index (χ2v) is 6.33. The number of esters is 1. The van der Waals surface area contributed by atoms with Crippen LogP contribution in [0.15, 0.2) is 0 Å². The Kier molecular flexibility index (Phi) is 4.84. The Morgan fingerprint density at radius 2 is 2.33 bits per heavy atom. The van der Waals surface area contributed by atoms with Gasteiger partial charge in [-0.3, -0.25) is 14.9 Å². The highest BCUT2D eigenvalue weighted by Gasteiger charge is 2.31. The molecule has 1 fully saturated rings. The normalized spacial score (nSPS) is 22.0. The van der Waals surface area contributed by atoms with Crippen LogP contribution in [0.25, 0.3) is 0 Å². The number of ether oxygens (including phenoxy) is 1. The molecule has 0 amide bonds. The van der Waals surface area contributed by atoms with Crippen LogP contribution < -0.4 is 4.90 Å². The number of quaternary nitrogens is 1. The third-order valence-corrected chi connectivity index (χ3v) is 4.81. The Balaban J connectivity index is 2.10. The van der Waals surface area contributed by atoms with Gasteiger partial charge in [0, 0.05) is 5.75 Å². The molecule has 0 saturated carbocycles. The van der Waals surface area contributed by atoms with Crippen molar-refractivity contribution >= 4 is 23.4 Å². The van der Waals surface area contributed by atoms with Crippen LogP contribution in [-0.4, -0.2) is 51.9 Å². The molecular weight excluding hydrogens is 296 g/mol. The van der Waals surface area contributed by atoms with Crippen molar-refractivity contribution in [3.8, 4) is 0 Å². The molecule has 1 unspecified atom stereocenters. The molecule has 1 aliphatic rings. The number of nitrogens with zero attached hydrogens (tertiary/aromatic N) is 3. The number of aryl methyl sites for hydroxylation is 1. The lowest BCUT2D eigenvalue weighted by atomic mass is 10.3. The van der Waals surface area contributed by atoms with Crippen molar-refractivity contribution in [2.75, 3.05) is 26.0 Å². The predicted octanol–water partition coefficient (Wildman–Crippen LogP) is -0.461. The van der Waals surface area contributed by atoms with Crippen molar-refractivity contribution in [1.82, 2.24) is 9.78 Å². The van der Waals surface area contributed by atoms with Gasteiger partial charge < -0.3 is 9.64 Å². The molecule has 9 heteroatoms. The summed E-state index contributed by atoms with van der Waals surface area (Å²) in [6.45, 7) is 5.40. The molecule has 0 bridgehead atoms. The molecule has 1 N–H and O–H groups in total. The average molecular weight is 315 g/mol. The Bertz CT molecular complexity index is 560. The maximum atomic E-state index is 11.6. The van der Waals surface area contributed by atoms with Crippen LogP contribution in [0.3, 0.4) is 0 Å². The lowest BCUT2D eigenvalue weighted by Crippen LogP contribution is -3.14. The first-order valence-electron chi connectivity index (χ1n) is 6.65. The van der Waals surface area contributed by atoms with Crippen molar-refractivity contribution in [1.29, 1.82) is 0 Å². The summed E-state index contributed by atoms with van der Waals surface area (Å²) < 4.78 is 6.44. The lowest BCUT2D eigenvalue weighted by Gasteiger charge is -2.28. The number of nitrogens with one attached hydrogen (secondary N) is 1. The molecule has 1 aliphatic heterocycles. The van der Waals surface area contributed by atoms with Crippen LogP contribution >= 0.6 is 11.8 Å². The number of carbonyl (C=O) groups excluding carboxylic acids is 1. The van der Waals surface area contributed by atoms with Crippen LogP contribution in [0, 0.1) is 24.0 Å². The monoisotopic (exact) mass is 315 g/mol. The van der Waals surface area contributed by atoms with Crippen molar-refractivity contribution in [2.45, 2.75) is 25.8 Å². The van der Waals surface area contributed by atoms with E-state index in [0.29, 0.717) is 24.6 Å². The zero-order valence-corrected chi connectivity index (χ0v) is 13.1. The fourth-order valence-corrected chi connectivity index (χ4v) is 3.79. The van der Waals surface area contributed by atoms with Crippen molar-refractivity contribution in [2.24, 2.45) is 0 Å². The molecule has 1 aromatic rings. The van der Waals surface area contributed by atoms with E-state index < -0.39 is 4.92 Å². The van der Waals surface area contributed by atoms with E-state index in [4.69, 9.17) is 4.74 Å². The van der Waals surface area contributed by atoms with E-state index in [9.17, 15) is 14.9 Å². The van der Waals surface area contributed by atoms with E-state index in [0.717, 1.165) is 12.3 Å². The van der Waals surface area contributed by atoms with E-state index >= 15 is 0 Å². The Morgan fingerprint density at radius 1 is 1.62 bits per heavy atom. The van der Waals surface area contributed by atoms with Crippen LogP contribution in [0.4, 0.5) is 5.69 Å². The molecule has 0 aromatic carbocycles. The highest BCUT2D eigenvalue weighted by Crippen LogP contribution is 2.21. The summed E-state index contributed by atoms with van der Waals surface area (Å²) in [7, 11) is 1.39. The molecule has 2 atom stereocenters. The SMILES string of the molecule is COC(=O)[C@H]1C[NH+](Cn2nc(C)c([N+](=O)[O-])c2C)CCS1. The number of hydrogen-bond acceptors (Lipinski definition) is 6. The van der Waals surface area contributed by atoms with Gasteiger partial charge in [0.05, 0.1) is 18.6 Å². The average Bonchev–Trinajstić information content (AvgIpc) is 2.72.